The average molecular weight is 508 g/mol. The Morgan fingerprint density at radius 3 is 2.20 bits per heavy atom. The van der Waals surface area contributed by atoms with E-state index in [4.69, 9.17) is 27.9 Å². The second-order valence-electron chi connectivity index (χ2n) is 8.79. The van der Waals surface area contributed by atoms with Gasteiger partial charge in [-0.25, -0.2) is 0 Å². The van der Waals surface area contributed by atoms with Crippen LogP contribution < -0.4 is 0 Å². The van der Waals surface area contributed by atoms with Gasteiger partial charge in [-0.2, -0.15) is 0 Å². The Balaban J connectivity index is 1.99. The SMILES string of the molecule is C=C(CO)CO[C@]1(c2ccc(Cl)cc2)c2ccc(C(=C)C)cc2C(=O)N1[C@@H](C)c1ccc(Cl)cc1. The Bertz CT molecular complexity index is 1280. The number of hydrogen-bond donors (Lipinski definition) is 1. The van der Waals surface area contributed by atoms with Gasteiger partial charge in [0.05, 0.1) is 19.3 Å². The van der Waals surface area contributed by atoms with Crippen molar-refractivity contribution in [3.05, 3.63) is 123 Å². The number of carbonyl (C=O) groups is 1. The Labute approximate surface area is 216 Å². The third-order valence-corrected chi connectivity index (χ3v) is 6.85. The highest BCUT2D eigenvalue weighted by molar-refractivity contribution is 6.30. The Hall–Kier alpha value is -2.89. The number of nitrogens with zero attached hydrogens (tertiary/aromatic N) is 1. The summed E-state index contributed by atoms with van der Waals surface area (Å²) in [5.74, 6) is -0.171. The fourth-order valence-electron chi connectivity index (χ4n) is 4.48. The molecule has 35 heavy (non-hydrogen) atoms. The van der Waals surface area contributed by atoms with Crippen LogP contribution >= 0.6 is 23.2 Å². The van der Waals surface area contributed by atoms with Crippen LogP contribution in [0, 0.1) is 0 Å². The standard InChI is InChI=1S/C29H27Cl2NO3/c1-18(2)22-7-14-27-26(15-22)28(34)32(20(4)21-5-10-24(30)11-6-21)29(27,35-17-19(3)16-33)23-8-12-25(31)13-9-23/h5-15,20,33H,1,3,16-17H2,2,4H3/t20-,29+/m0/s1. The third kappa shape index (κ3) is 4.55. The van der Waals surface area contributed by atoms with Gasteiger partial charge in [-0.3, -0.25) is 9.69 Å². The van der Waals surface area contributed by atoms with Crippen molar-refractivity contribution in [3.8, 4) is 0 Å². The molecule has 0 saturated carbocycles. The number of hydrogen-bond acceptors (Lipinski definition) is 3. The molecule has 0 saturated heterocycles. The van der Waals surface area contributed by atoms with Crippen LogP contribution in [0.1, 0.15) is 52.5 Å². The Morgan fingerprint density at radius 2 is 1.63 bits per heavy atom. The van der Waals surface area contributed by atoms with Crippen LogP contribution in [0.15, 0.2) is 85.5 Å². The predicted octanol–water partition coefficient (Wildman–Crippen LogP) is 7.01. The molecule has 6 heteroatoms. The molecule has 3 aromatic carbocycles. The van der Waals surface area contributed by atoms with Crippen molar-refractivity contribution in [3.63, 3.8) is 0 Å². The quantitative estimate of drug-likeness (QED) is 0.333. The van der Waals surface area contributed by atoms with Crippen LogP contribution in [0.3, 0.4) is 0 Å². The first-order valence-electron chi connectivity index (χ1n) is 11.3. The van der Waals surface area contributed by atoms with Crippen LogP contribution in [0.25, 0.3) is 5.57 Å². The average Bonchev–Trinajstić information content (AvgIpc) is 3.11. The summed E-state index contributed by atoms with van der Waals surface area (Å²) in [7, 11) is 0. The van der Waals surface area contributed by atoms with Gasteiger partial charge in [-0.15, -0.1) is 0 Å². The highest BCUT2D eigenvalue weighted by atomic mass is 35.5. The van der Waals surface area contributed by atoms with E-state index in [9.17, 15) is 9.90 Å². The summed E-state index contributed by atoms with van der Waals surface area (Å²) in [4.78, 5) is 15.9. The van der Waals surface area contributed by atoms with E-state index >= 15 is 0 Å². The molecule has 1 amide bonds. The molecule has 0 bridgehead atoms. The van der Waals surface area contributed by atoms with E-state index in [-0.39, 0.29) is 25.2 Å². The maximum Gasteiger partial charge on any atom is 0.257 e. The zero-order valence-corrected chi connectivity index (χ0v) is 21.2. The largest absolute Gasteiger partial charge is 0.392 e. The number of benzene rings is 3. The minimum Gasteiger partial charge on any atom is -0.392 e. The number of aliphatic hydroxyl groups is 1. The highest BCUT2D eigenvalue weighted by Crippen LogP contribution is 2.50. The monoisotopic (exact) mass is 507 g/mol. The van der Waals surface area contributed by atoms with Gasteiger partial charge in [0.25, 0.3) is 5.91 Å². The molecule has 4 rings (SSSR count). The normalized spacial score (nSPS) is 17.9. The molecule has 0 unspecified atom stereocenters. The first-order chi connectivity index (χ1) is 16.7. The first-order valence-corrected chi connectivity index (χ1v) is 12.0. The van der Waals surface area contributed by atoms with Crippen molar-refractivity contribution in [2.24, 2.45) is 0 Å². The lowest BCUT2D eigenvalue weighted by Gasteiger charge is -2.43. The van der Waals surface area contributed by atoms with E-state index in [1.54, 1.807) is 29.2 Å². The molecule has 0 aromatic heterocycles. The van der Waals surface area contributed by atoms with Crippen LogP contribution in [0.5, 0.6) is 0 Å². The molecule has 2 atom stereocenters. The number of fused-ring (bicyclic) bond motifs is 1. The zero-order chi connectivity index (χ0) is 25.3. The summed E-state index contributed by atoms with van der Waals surface area (Å²) in [6.45, 7) is 11.6. The number of allylic oxidation sites excluding steroid dienone is 1. The van der Waals surface area contributed by atoms with Crippen LogP contribution in [-0.2, 0) is 10.5 Å². The Morgan fingerprint density at radius 1 is 1.03 bits per heavy atom. The molecule has 0 fully saturated rings. The minimum atomic E-state index is -1.28. The lowest BCUT2D eigenvalue weighted by atomic mass is 9.90. The third-order valence-electron chi connectivity index (χ3n) is 6.35. The molecular formula is C29H27Cl2NO3. The summed E-state index contributed by atoms with van der Waals surface area (Å²) in [5, 5.41) is 10.8. The number of carbonyl (C=O) groups excluding carboxylic acids is 1. The van der Waals surface area contributed by atoms with Gasteiger partial charge >= 0.3 is 0 Å². The molecule has 0 aliphatic carbocycles. The second kappa shape index (κ2) is 10.00. The van der Waals surface area contributed by atoms with E-state index in [2.05, 4.69) is 13.2 Å². The number of amides is 1. The summed E-state index contributed by atoms with van der Waals surface area (Å²) in [5.41, 5.74) is 3.85. The molecule has 1 aliphatic rings. The number of halogens is 2. The molecule has 1 N–H and O–H groups in total. The summed E-state index contributed by atoms with van der Waals surface area (Å²) >= 11 is 12.3. The van der Waals surface area contributed by atoms with Crippen molar-refractivity contribution in [1.29, 1.82) is 0 Å². The van der Waals surface area contributed by atoms with Gasteiger partial charge in [-0.1, -0.05) is 78.3 Å². The van der Waals surface area contributed by atoms with Crippen molar-refractivity contribution in [2.45, 2.75) is 25.6 Å². The second-order valence-corrected chi connectivity index (χ2v) is 9.66. The predicted molar refractivity (Wildman–Crippen MR) is 142 cm³/mol. The molecule has 0 radical (unpaired) electrons. The molecule has 0 spiro atoms. The summed E-state index contributed by atoms with van der Waals surface area (Å²) in [6, 6.07) is 20.0. The van der Waals surface area contributed by atoms with Crippen molar-refractivity contribution < 1.29 is 14.6 Å². The fraction of sp³-hybridized carbons (Fsp3) is 0.207. The fourth-order valence-corrected chi connectivity index (χ4v) is 4.73. The molecule has 4 nitrogen and oxygen atoms in total. The first kappa shape index (κ1) is 25.2. The van der Waals surface area contributed by atoms with Crippen LogP contribution in [0.2, 0.25) is 10.0 Å². The summed E-state index contributed by atoms with van der Waals surface area (Å²) in [6.07, 6.45) is 0. The molecule has 180 valence electrons. The molecule has 1 heterocycles. The van der Waals surface area contributed by atoms with Gasteiger partial charge < -0.3 is 9.84 Å². The van der Waals surface area contributed by atoms with E-state index in [0.29, 0.717) is 26.7 Å². The number of ether oxygens (including phenoxy) is 1. The van der Waals surface area contributed by atoms with Crippen LogP contribution in [0.4, 0.5) is 0 Å². The van der Waals surface area contributed by atoms with Crippen molar-refractivity contribution in [1.82, 2.24) is 4.90 Å². The van der Waals surface area contributed by atoms with E-state index in [0.717, 1.165) is 22.3 Å². The van der Waals surface area contributed by atoms with E-state index < -0.39 is 5.72 Å². The van der Waals surface area contributed by atoms with Crippen molar-refractivity contribution in [2.75, 3.05) is 13.2 Å². The Kier molecular flexibility index (Phi) is 7.20. The summed E-state index contributed by atoms with van der Waals surface area (Å²) < 4.78 is 6.60. The van der Waals surface area contributed by atoms with Crippen LogP contribution in [-0.4, -0.2) is 29.1 Å². The van der Waals surface area contributed by atoms with E-state index in [1.807, 2.05) is 56.3 Å². The van der Waals surface area contributed by atoms with Gasteiger partial charge in [0.1, 0.15) is 0 Å². The molecular weight excluding hydrogens is 481 g/mol. The maximum atomic E-state index is 14.1. The van der Waals surface area contributed by atoms with Gasteiger partial charge in [0, 0.05) is 26.7 Å². The maximum absolute atomic E-state index is 14.1. The van der Waals surface area contributed by atoms with E-state index in [1.165, 1.54) is 0 Å². The van der Waals surface area contributed by atoms with Gasteiger partial charge in [0.2, 0.25) is 0 Å². The molecule has 3 aromatic rings. The number of rotatable bonds is 8. The van der Waals surface area contributed by atoms with Gasteiger partial charge in [-0.05, 0) is 60.9 Å². The smallest absolute Gasteiger partial charge is 0.257 e. The van der Waals surface area contributed by atoms with Crippen molar-refractivity contribution >= 4 is 34.7 Å². The topological polar surface area (TPSA) is 49.8 Å². The lowest BCUT2D eigenvalue weighted by molar-refractivity contribution is -0.114. The zero-order valence-electron chi connectivity index (χ0n) is 19.7. The lowest BCUT2D eigenvalue weighted by Crippen LogP contribution is -2.48. The molecule has 1 aliphatic heterocycles. The number of aliphatic hydroxyl groups excluding tert-OH is 1. The minimum absolute atomic E-state index is 0.0535. The highest BCUT2D eigenvalue weighted by Gasteiger charge is 2.54. The van der Waals surface area contributed by atoms with Gasteiger partial charge in [0.15, 0.2) is 5.72 Å².